The Morgan fingerprint density at radius 2 is 1.27 bits per heavy atom. The molecule has 0 saturated carbocycles. The van der Waals surface area contributed by atoms with Crippen molar-refractivity contribution in [3.8, 4) is 11.5 Å². The Morgan fingerprint density at radius 3 is 1.94 bits per heavy atom. The van der Waals surface area contributed by atoms with Crippen molar-refractivity contribution < 1.29 is 19.4 Å². The number of allylic oxidation sites excluding steroid dienone is 2. The first-order chi connectivity index (χ1) is 23.5. The summed E-state index contributed by atoms with van der Waals surface area (Å²) >= 11 is 0. The molecule has 6 aromatic carbocycles. The zero-order valence-corrected chi connectivity index (χ0v) is 26.2. The SMILES string of the molecule is COc1ccc(B2N=c3/c(=C4\C(=O)C(c5ccc6cccc7c6c5NB(c5ccc(OC)cc5)N7)=C4O)ccc4cccc(c34)N2)cc1. The van der Waals surface area contributed by atoms with Crippen molar-refractivity contribution >= 4 is 80.4 Å². The van der Waals surface area contributed by atoms with Crippen molar-refractivity contribution in [1.29, 1.82) is 0 Å². The lowest BCUT2D eigenvalue weighted by Gasteiger charge is -2.31. The average Bonchev–Trinajstić information content (AvgIpc) is 3.13. The number of hydrogen-bond acceptors (Lipinski definition) is 8. The molecule has 48 heavy (non-hydrogen) atoms. The second-order valence-electron chi connectivity index (χ2n) is 12.1. The highest BCUT2D eigenvalue weighted by Crippen LogP contribution is 2.45. The Kier molecular flexibility index (Phi) is 6.27. The van der Waals surface area contributed by atoms with E-state index >= 15 is 0 Å². The summed E-state index contributed by atoms with van der Waals surface area (Å²) in [6, 6.07) is 35.6. The first-order valence-electron chi connectivity index (χ1n) is 15.8. The van der Waals surface area contributed by atoms with Crippen LogP contribution in [0.3, 0.4) is 0 Å². The van der Waals surface area contributed by atoms with Crippen LogP contribution in [0.15, 0.2) is 120 Å². The molecule has 3 aliphatic rings. The fourth-order valence-electron chi connectivity index (χ4n) is 7.13. The van der Waals surface area contributed by atoms with Crippen molar-refractivity contribution in [2.24, 2.45) is 4.90 Å². The number of benzene rings is 6. The van der Waals surface area contributed by atoms with Crippen LogP contribution in [0.25, 0.3) is 32.7 Å². The van der Waals surface area contributed by atoms with Crippen molar-refractivity contribution in [2.45, 2.75) is 0 Å². The van der Waals surface area contributed by atoms with Gasteiger partial charge in [0, 0.05) is 38.6 Å². The fraction of sp³-hybridized carbons (Fsp3) is 0.0526. The van der Waals surface area contributed by atoms with Crippen LogP contribution >= 0.6 is 0 Å². The lowest BCUT2D eigenvalue weighted by Crippen LogP contribution is -2.48. The van der Waals surface area contributed by atoms with E-state index < -0.39 is 0 Å². The molecule has 2 heterocycles. The van der Waals surface area contributed by atoms with E-state index in [4.69, 9.17) is 14.4 Å². The molecule has 6 aromatic rings. The van der Waals surface area contributed by atoms with Gasteiger partial charge in [-0.2, -0.15) is 0 Å². The molecule has 0 spiro atoms. The van der Waals surface area contributed by atoms with Crippen molar-refractivity contribution in [1.82, 2.24) is 0 Å². The molecule has 230 valence electrons. The van der Waals surface area contributed by atoms with Crippen molar-refractivity contribution in [3.05, 3.63) is 131 Å². The summed E-state index contributed by atoms with van der Waals surface area (Å²) in [6.45, 7) is -0.646. The number of hydrogen-bond donors (Lipinski definition) is 4. The van der Waals surface area contributed by atoms with E-state index in [9.17, 15) is 9.90 Å². The number of nitrogens with zero attached hydrogens (tertiary/aromatic N) is 1. The zero-order chi connectivity index (χ0) is 32.5. The third-order valence-electron chi connectivity index (χ3n) is 9.55. The van der Waals surface area contributed by atoms with Crippen LogP contribution in [0.5, 0.6) is 11.5 Å². The first-order valence-corrected chi connectivity index (χ1v) is 15.8. The summed E-state index contributed by atoms with van der Waals surface area (Å²) in [6.07, 6.45) is 0. The fourth-order valence-corrected chi connectivity index (χ4v) is 7.13. The van der Waals surface area contributed by atoms with Crippen LogP contribution in [0.1, 0.15) is 5.56 Å². The van der Waals surface area contributed by atoms with Gasteiger partial charge in [-0.25, -0.2) is 0 Å². The second-order valence-corrected chi connectivity index (χ2v) is 12.1. The second kappa shape index (κ2) is 10.7. The molecule has 10 heteroatoms. The molecular weight excluding hydrogens is 598 g/mol. The van der Waals surface area contributed by atoms with Gasteiger partial charge < -0.3 is 35.2 Å². The number of aliphatic hydroxyl groups is 1. The number of ketones is 1. The van der Waals surface area contributed by atoms with Crippen LogP contribution in [-0.4, -0.2) is 39.1 Å². The Balaban J connectivity index is 1.21. The molecule has 4 N–H and O–H groups in total. The molecule has 0 fully saturated rings. The summed E-state index contributed by atoms with van der Waals surface area (Å²) in [4.78, 5) is 19.4. The number of nitrogens with one attached hydrogen (secondary N) is 3. The number of rotatable bonds is 5. The summed E-state index contributed by atoms with van der Waals surface area (Å²) in [5.41, 5.74) is 5.85. The van der Waals surface area contributed by atoms with E-state index in [-0.39, 0.29) is 31.1 Å². The molecule has 8 nitrogen and oxygen atoms in total. The van der Waals surface area contributed by atoms with Gasteiger partial charge in [0.2, 0.25) is 5.78 Å². The summed E-state index contributed by atoms with van der Waals surface area (Å²) < 4.78 is 10.7. The smallest absolute Gasteiger partial charge is 0.427 e. The molecule has 2 aliphatic heterocycles. The van der Waals surface area contributed by atoms with Gasteiger partial charge in [-0.05, 0) is 58.1 Å². The summed E-state index contributed by atoms with van der Waals surface area (Å²) in [5.74, 6) is 1.28. The predicted molar refractivity (Wildman–Crippen MR) is 194 cm³/mol. The van der Waals surface area contributed by atoms with Gasteiger partial charge in [0.25, 0.3) is 0 Å². The third-order valence-corrected chi connectivity index (χ3v) is 9.55. The van der Waals surface area contributed by atoms with Crippen molar-refractivity contribution in [2.75, 3.05) is 29.9 Å². The van der Waals surface area contributed by atoms with Crippen molar-refractivity contribution in [3.63, 3.8) is 0 Å². The van der Waals surface area contributed by atoms with Crippen LogP contribution in [0.2, 0.25) is 0 Å². The molecule has 0 saturated heterocycles. The number of carbonyl (C=O) groups excluding carboxylic acids is 1. The Hall–Kier alpha value is -6.15. The number of methoxy groups -OCH3 is 2. The van der Waals surface area contributed by atoms with Gasteiger partial charge in [0.15, 0.2) is 0 Å². The van der Waals surface area contributed by atoms with Crippen LogP contribution in [0, 0.1) is 0 Å². The van der Waals surface area contributed by atoms with Gasteiger partial charge in [0.05, 0.1) is 30.7 Å². The monoisotopic (exact) mass is 626 g/mol. The maximum Gasteiger partial charge on any atom is 0.427 e. The van der Waals surface area contributed by atoms with E-state index in [1.54, 1.807) is 14.2 Å². The van der Waals surface area contributed by atoms with Crippen LogP contribution in [0.4, 0.5) is 17.1 Å². The predicted octanol–water partition coefficient (Wildman–Crippen LogP) is 4.39. The number of anilines is 3. The molecule has 0 bridgehead atoms. The van der Waals surface area contributed by atoms with Gasteiger partial charge in [-0.15, -0.1) is 0 Å². The molecule has 0 atom stereocenters. The third kappa shape index (κ3) is 4.19. The van der Waals surface area contributed by atoms with Crippen LogP contribution < -0.4 is 46.7 Å². The highest BCUT2D eigenvalue weighted by atomic mass is 16.5. The van der Waals surface area contributed by atoms with Crippen LogP contribution in [-0.2, 0) is 4.79 Å². The lowest BCUT2D eigenvalue weighted by molar-refractivity contribution is -0.109. The van der Waals surface area contributed by atoms with E-state index in [2.05, 4.69) is 15.7 Å². The highest BCUT2D eigenvalue weighted by Gasteiger charge is 2.39. The Labute approximate surface area is 276 Å². The topological polar surface area (TPSA) is 104 Å². The van der Waals surface area contributed by atoms with Gasteiger partial charge in [-0.3, -0.25) is 4.79 Å². The minimum absolute atomic E-state index is 0.0303. The highest BCUT2D eigenvalue weighted by molar-refractivity contribution is 6.80. The minimum atomic E-state index is -0.383. The van der Waals surface area contributed by atoms with Gasteiger partial charge in [-0.1, -0.05) is 72.8 Å². The first kappa shape index (κ1) is 28.1. The molecule has 0 unspecified atom stereocenters. The largest absolute Gasteiger partial charge is 0.506 e. The molecule has 9 rings (SSSR count). The maximum absolute atomic E-state index is 14.2. The number of ether oxygens (including phenoxy) is 2. The molecule has 0 aromatic heterocycles. The van der Waals surface area contributed by atoms with E-state index in [0.29, 0.717) is 21.7 Å². The van der Waals surface area contributed by atoms with E-state index in [1.807, 2.05) is 109 Å². The Bertz CT molecular complexity index is 2500. The minimum Gasteiger partial charge on any atom is -0.506 e. The quantitative estimate of drug-likeness (QED) is 0.211. The number of aliphatic hydroxyl groups excluding tert-OH is 1. The summed E-state index contributed by atoms with van der Waals surface area (Å²) in [7, 11) is 3.28. The van der Waals surface area contributed by atoms with Gasteiger partial charge in [0.1, 0.15) is 17.3 Å². The zero-order valence-electron chi connectivity index (χ0n) is 26.2. The normalized spacial score (nSPS) is 15.8. The molecule has 1 aliphatic carbocycles. The maximum atomic E-state index is 14.2. The molecule has 0 radical (unpaired) electrons. The Morgan fingerprint density at radius 1 is 0.646 bits per heavy atom. The summed E-state index contributed by atoms with van der Waals surface area (Å²) in [5, 5.41) is 27.8. The van der Waals surface area contributed by atoms with E-state index in [0.717, 1.165) is 61.0 Å². The number of carbonyl (C=O) groups is 1. The average molecular weight is 626 g/mol. The van der Waals surface area contributed by atoms with Gasteiger partial charge >= 0.3 is 14.0 Å². The van der Waals surface area contributed by atoms with E-state index in [1.165, 1.54) is 0 Å². The lowest BCUT2D eigenvalue weighted by atomic mass is 9.65. The molecule has 0 amide bonds. The standard InChI is InChI=1S/C38H28B2N4O4/c1-47-25-15-11-23(12-16-25)39-41-29-7-3-5-21-9-19-27(35(43-39)31(21)29)33-37(45)34(38(33)46)28-20-10-22-6-4-8-30-32(22)36(28)44-40(42-30)24-13-17-26(48-2)18-14-24/h3-20,41-43,45H,1-2H3/b34-28-. The molecular formula is C38H28B2N4O4. The number of Topliss-reactive ketones (excluding diaryl/α,β-unsaturated/α-hetero) is 1.